The summed E-state index contributed by atoms with van der Waals surface area (Å²) in [6.07, 6.45) is 0.483. The molecule has 1 atom stereocenters. The van der Waals surface area contributed by atoms with Crippen LogP contribution in [0.2, 0.25) is 0 Å². The Morgan fingerprint density at radius 2 is 2.31 bits per heavy atom. The molecule has 3 N–H and O–H groups in total. The molecule has 0 aliphatic carbocycles. The van der Waals surface area contributed by atoms with Crippen molar-refractivity contribution >= 4 is 11.7 Å². The van der Waals surface area contributed by atoms with Crippen LogP contribution in [0.15, 0.2) is 24.3 Å². The number of hydrogen-bond donors (Lipinski definition) is 3. The molecule has 1 rings (SSSR count). The Bertz CT molecular complexity index is 358. The standard InChI is InChI=1S/C11H15FN2O2/c1-8(5-6-15)13-11(16)14-10-4-2-3-9(12)7-10/h2-4,7-8,15H,5-6H2,1H3,(H2,13,14,16)/t8-/m1/s1. The lowest BCUT2D eigenvalue weighted by atomic mass is 10.2. The number of carbonyl (C=O) groups excluding carboxylic acids is 1. The molecule has 0 saturated carbocycles. The van der Waals surface area contributed by atoms with E-state index in [9.17, 15) is 9.18 Å². The summed E-state index contributed by atoms with van der Waals surface area (Å²) in [4.78, 5) is 11.4. The van der Waals surface area contributed by atoms with Crippen LogP contribution in [0.25, 0.3) is 0 Å². The number of carbonyl (C=O) groups is 1. The summed E-state index contributed by atoms with van der Waals surface area (Å²) in [6, 6.07) is 5.11. The van der Waals surface area contributed by atoms with Gasteiger partial charge in [0.2, 0.25) is 0 Å². The summed E-state index contributed by atoms with van der Waals surface area (Å²) in [7, 11) is 0. The first kappa shape index (κ1) is 12.4. The van der Waals surface area contributed by atoms with Gasteiger partial charge in [0, 0.05) is 18.3 Å². The molecule has 16 heavy (non-hydrogen) atoms. The molecular weight excluding hydrogens is 211 g/mol. The number of aliphatic hydroxyl groups is 1. The van der Waals surface area contributed by atoms with Gasteiger partial charge in [-0.25, -0.2) is 9.18 Å². The number of rotatable bonds is 4. The highest BCUT2D eigenvalue weighted by molar-refractivity contribution is 5.89. The smallest absolute Gasteiger partial charge is 0.319 e. The zero-order chi connectivity index (χ0) is 12.0. The van der Waals surface area contributed by atoms with Gasteiger partial charge < -0.3 is 15.7 Å². The van der Waals surface area contributed by atoms with Crippen molar-refractivity contribution in [3.8, 4) is 0 Å². The molecule has 0 aromatic heterocycles. The number of anilines is 1. The molecule has 0 saturated heterocycles. The van der Waals surface area contributed by atoms with Gasteiger partial charge in [0.1, 0.15) is 5.82 Å². The van der Waals surface area contributed by atoms with E-state index in [1.54, 1.807) is 13.0 Å². The van der Waals surface area contributed by atoms with Gasteiger partial charge in [-0.15, -0.1) is 0 Å². The minimum absolute atomic E-state index is 0.0153. The molecule has 5 heteroatoms. The van der Waals surface area contributed by atoms with Crippen molar-refractivity contribution in [2.45, 2.75) is 19.4 Å². The third-order valence-electron chi connectivity index (χ3n) is 2.02. The van der Waals surface area contributed by atoms with Crippen LogP contribution in [0.1, 0.15) is 13.3 Å². The van der Waals surface area contributed by atoms with Crippen molar-refractivity contribution in [2.75, 3.05) is 11.9 Å². The van der Waals surface area contributed by atoms with Crippen LogP contribution in [0.5, 0.6) is 0 Å². The van der Waals surface area contributed by atoms with Gasteiger partial charge in [-0.05, 0) is 31.5 Å². The summed E-state index contributed by atoms with van der Waals surface area (Å²) in [6.45, 7) is 1.79. The zero-order valence-electron chi connectivity index (χ0n) is 9.03. The van der Waals surface area contributed by atoms with Crippen LogP contribution in [-0.4, -0.2) is 23.8 Å². The van der Waals surface area contributed by atoms with Crippen molar-refractivity contribution in [2.24, 2.45) is 0 Å². The van der Waals surface area contributed by atoms with Crippen molar-refractivity contribution in [3.63, 3.8) is 0 Å². The normalized spacial score (nSPS) is 11.9. The van der Waals surface area contributed by atoms with Crippen LogP contribution in [-0.2, 0) is 0 Å². The lowest BCUT2D eigenvalue weighted by Gasteiger charge is -2.13. The minimum Gasteiger partial charge on any atom is -0.396 e. The Hall–Kier alpha value is -1.62. The highest BCUT2D eigenvalue weighted by atomic mass is 19.1. The highest BCUT2D eigenvalue weighted by Crippen LogP contribution is 2.08. The Balaban J connectivity index is 2.45. The lowest BCUT2D eigenvalue weighted by Crippen LogP contribution is -2.36. The molecule has 88 valence electrons. The summed E-state index contributed by atoms with van der Waals surface area (Å²) in [5.41, 5.74) is 0.397. The maximum absolute atomic E-state index is 12.8. The van der Waals surface area contributed by atoms with E-state index in [0.29, 0.717) is 12.1 Å². The van der Waals surface area contributed by atoms with Crippen molar-refractivity contribution in [3.05, 3.63) is 30.1 Å². The highest BCUT2D eigenvalue weighted by Gasteiger charge is 2.06. The number of aliphatic hydroxyl groups excluding tert-OH is 1. The molecule has 1 aromatic carbocycles. The number of nitrogens with one attached hydrogen (secondary N) is 2. The van der Waals surface area contributed by atoms with Crippen molar-refractivity contribution in [1.82, 2.24) is 5.32 Å². The predicted molar refractivity (Wildman–Crippen MR) is 59.7 cm³/mol. The Kier molecular flexibility index (Phi) is 4.72. The quantitative estimate of drug-likeness (QED) is 0.732. The monoisotopic (exact) mass is 226 g/mol. The van der Waals surface area contributed by atoms with E-state index in [0.717, 1.165) is 0 Å². The second-order valence-electron chi connectivity index (χ2n) is 3.52. The summed E-state index contributed by atoms with van der Waals surface area (Å²) < 4.78 is 12.8. The second kappa shape index (κ2) is 6.07. The lowest BCUT2D eigenvalue weighted by molar-refractivity contribution is 0.241. The van der Waals surface area contributed by atoms with Crippen LogP contribution in [0.4, 0.5) is 14.9 Å². The van der Waals surface area contributed by atoms with Crippen molar-refractivity contribution < 1.29 is 14.3 Å². The summed E-state index contributed by atoms with van der Waals surface area (Å²) >= 11 is 0. The fourth-order valence-electron chi connectivity index (χ4n) is 1.22. The van der Waals surface area contributed by atoms with Gasteiger partial charge in [-0.2, -0.15) is 0 Å². The molecule has 2 amide bonds. The Morgan fingerprint density at radius 3 is 2.94 bits per heavy atom. The van der Waals surface area contributed by atoms with Crippen LogP contribution in [0.3, 0.4) is 0 Å². The summed E-state index contributed by atoms with van der Waals surface area (Å²) in [5, 5.41) is 13.8. The molecular formula is C11H15FN2O2. The van der Waals surface area contributed by atoms with E-state index < -0.39 is 11.8 Å². The third-order valence-corrected chi connectivity index (χ3v) is 2.02. The van der Waals surface area contributed by atoms with Gasteiger partial charge >= 0.3 is 6.03 Å². The second-order valence-corrected chi connectivity index (χ2v) is 3.52. The predicted octanol–water partition coefficient (Wildman–Crippen LogP) is 1.72. The zero-order valence-corrected chi connectivity index (χ0v) is 9.03. The first-order chi connectivity index (χ1) is 7.61. The first-order valence-corrected chi connectivity index (χ1v) is 5.05. The maximum atomic E-state index is 12.8. The number of urea groups is 1. The Labute approximate surface area is 93.5 Å². The fraction of sp³-hybridized carbons (Fsp3) is 0.364. The number of halogens is 1. The van der Waals surface area contributed by atoms with Gasteiger partial charge in [0.15, 0.2) is 0 Å². The van der Waals surface area contributed by atoms with Gasteiger partial charge in [0.25, 0.3) is 0 Å². The minimum atomic E-state index is -0.411. The molecule has 0 spiro atoms. The topological polar surface area (TPSA) is 61.4 Å². The molecule has 0 bridgehead atoms. The first-order valence-electron chi connectivity index (χ1n) is 5.05. The molecule has 0 aliphatic heterocycles. The van der Waals surface area contributed by atoms with Crippen LogP contribution < -0.4 is 10.6 Å². The van der Waals surface area contributed by atoms with E-state index in [1.807, 2.05) is 0 Å². The summed E-state index contributed by atoms with van der Waals surface area (Å²) in [5.74, 6) is -0.402. The maximum Gasteiger partial charge on any atom is 0.319 e. The fourth-order valence-corrected chi connectivity index (χ4v) is 1.22. The SMILES string of the molecule is C[C@H](CCO)NC(=O)Nc1cccc(F)c1. The third kappa shape index (κ3) is 4.27. The molecule has 4 nitrogen and oxygen atoms in total. The largest absolute Gasteiger partial charge is 0.396 e. The van der Waals surface area contributed by atoms with Gasteiger partial charge in [-0.1, -0.05) is 6.07 Å². The van der Waals surface area contributed by atoms with Crippen LogP contribution in [0, 0.1) is 5.82 Å². The average molecular weight is 226 g/mol. The van der Waals surface area contributed by atoms with E-state index in [1.165, 1.54) is 18.2 Å². The molecule has 0 radical (unpaired) electrons. The Morgan fingerprint density at radius 1 is 1.56 bits per heavy atom. The van der Waals surface area contributed by atoms with E-state index in [-0.39, 0.29) is 12.6 Å². The van der Waals surface area contributed by atoms with Crippen LogP contribution >= 0.6 is 0 Å². The molecule has 1 aromatic rings. The average Bonchev–Trinajstić information content (AvgIpc) is 2.17. The molecule has 0 fully saturated rings. The number of amides is 2. The number of benzene rings is 1. The van der Waals surface area contributed by atoms with Gasteiger partial charge in [0.05, 0.1) is 0 Å². The van der Waals surface area contributed by atoms with Crippen molar-refractivity contribution in [1.29, 1.82) is 0 Å². The molecule has 0 heterocycles. The molecule has 0 unspecified atom stereocenters. The van der Waals surface area contributed by atoms with E-state index >= 15 is 0 Å². The number of hydrogen-bond acceptors (Lipinski definition) is 2. The molecule has 0 aliphatic rings. The van der Waals surface area contributed by atoms with Gasteiger partial charge in [-0.3, -0.25) is 0 Å². The van der Waals surface area contributed by atoms with E-state index in [4.69, 9.17) is 5.11 Å². The van der Waals surface area contributed by atoms with E-state index in [2.05, 4.69) is 10.6 Å².